The third kappa shape index (κ3) is 27.5. The van der Waals surface area contributed by atoms with Gasteiger partial charge in [0, 0.05) is 12.8 Å². The molecule has 0 spiro atoms. The molecule has 0 aromatic rings. The average molecular weight is 511 g/mol. The molecule has 0 aliphatic rings. The number of ether oxygens (including phenoxy) is 1. The monoisotopic (exact) mass is 510 g/mol. The SMILES string of the molecule is CCCCCCCCCCCCCCCC(=O)OC(CCCCCCCCCCCC)CCC(=O)O. The van der Waals surface area contributed by atoms with Crippen LogP contribution in [0.4, 0.5) is 0 Å². The first-order valence-electron chi connectivity index (χ1n) is 16.0. The first-order chi connectivity index (χ1) is 17.6. The lowest BCUT2D eigenvalue weighted by Gasteiger charge is -2.17. The highest BCUT2D eigenvalue weighted by Crippen LogP contribution is 2.17. The molecule has 0 fully saturated rings. The Kier molecular flexibility index (Phi) is 27.7. The second-order valence-corrected chi connectivity index (χ2v) is 11.0. The fraction of sp³-hybridized carbons (Fsp3) is 0.938. The van der Waals surface area contributed by atoms with Gasteiger partial charge in [-0.3, -0.25) is 9.59 Å². The lowest BCUT2D eigenvalue weighted by atomic mass is 10.0. The summed E-state index contributed by atoms with van der Waals surface area (Å²) in [5, 5.41) is 9.04. The summed E-state index contributed by atoms with van der Waals surface area (Å²) in [6.45, 7) is 4.52. The molecular weight excluding hydrogens is 448 g/mol. The van der Waals surface area contributed by atoms with Gasteiger partial charge in [0.2, 0.25) is 0 Å². The number of hydrogen-bond donors (Lipinski definition) is 1. The van der Waals surface area contributed by atoms with E-state index in [1.165, 1.54) is 122 Å². The summed E-state index contributed by atoms with van der Waals surface area (Å²) < 4.78 is 5.69. The van der Waals surface area contributed by atoms with Crippen molar-refractivity contribution in [2.45, 2.75) is 193 Å². The molecule has 0 aromatic heterocycles. The molecule has 0 radical (unpaired) electrons. The molecule has 0 bridgehead atoms. The molecule has 0 aromatic carbocycles. The summed E-state index contributed by atoms with van der Waals surface area (Å²) in [4.78, 5) is 23.3. The molecule has 0 amide bonds. The van der Waals surface area contributed by atoms with E-state index in [-0.39, 0.29) is 18.5 Å². The van der Waals surface area contributed by atoms with Crippen LogP contribution in [0.5, 0.6) is 0 Å². The van der Waals surface area contributed by atoms with Crippen LogP contribution < -0.4 is 0 Å². The zero-order valence-corrected chi connectivity index (χ0v) is 24.3. The summed E-state index contributed by atoms with van der Waals surface area (Å²) in [7, 11) is 0. The van der Waals surface area contributed by atoms with Crippen molar-refractivity contribution in [2.24, 2.45) is 0 Å². The molecular formula is C32H62O4. The van der Waals surface area contributed by atoms with Crippen LogP contribution in [-0.2, 0) is 14.3 Å². The van der Waals surface area contributed by atoms with Gasteiger partial charge < -0.3 is 9.84 Å². The Morgan fingerprint density at radius 3 is 1.25 bits per heavy atom. The Bertz CT molecular complexity index is 477. The lowest BCUT2D eigenvalue weighted by molar-refractivity contribution is -0.151. The standard InChI is InChI=1S/C32H62O4/c1-3-5-7-9-11-13-15-16-17-19-21-23-25-27-32(35)36-30(28-29-31(33)34)26-24-22-20-18-14-12-10-8-6-4-2/h30H,3-29H2,1-2H3,(H,33,34). The van der Waals surface area contributed by atoms with Crippen molar-refractivity contribution >= 4 is 11.9 Å². The maximum absolute atomic E-state index is 12.3. The van der Waals surface area contributed by atoms with Gasteiger partial charge >= 0.3 is 11.9 Å². The summed E-state index contributed by atoms with van der Waals surface area (Å²) in [6, 6.07) is 0. The molecule has 4 heteroatoms. The van der Waals surface area contributed by atoms with E-state index in [0.29, 0.717) is 12.8 Å². The Balaban J connectivity index is 3.75. The second-order valence-electron chi connectivity index (χ2n) is 11.0. The van der Waals surface area contributed by atoms with Crippen molar-refractivity contribution in [1.82, 2.24) is 0 Å². The first kappa shape index (κ1) is 34.9. The number of esters is 1. The van der Waals surface area contributed by atoms with Crippen molar-refractivity contribution in [3.63, 3.8) is 0 Å². The molecule has 0 saturated heterocycles. The Morgan fingerprint density at radius 2 is 0.861 bits per heavy atom. The van der Waals surface area contributed by atoms with Crippen LogP contribution in [0.1, 0.15) is 187 Å². The smallest absolute Gasteiger partial charge is 0.306 e. The number of carboxylic acid groups (broad SMARTS) is 1. The predicted molar refractivity (Wildman–Crippen MR) is 154 cm³/mol. The maximum atomic E-state index is 12.3. The predicted octanol–water partition coefficient (Wildman–Crippen LogP) is 10.6. The molecule has 214 valence electrons. The summed E-state index contributed by atoms with van der Waals surface area (Å²) in [5.74, 6) is -0.948. The Morgan fingerprint density at radius 1 is 0.500 bits per heavy atom. The fourth-order valence-corrected chi connectivity index (χ4v) is 4.94. The van der Waals surface area contributed by atoms with Crippen molar-refractivity contribution in [2.75, 3.05) is 0 Å². The highest BCUT2D eigenvalue weighted by Gasteiger charge is 2.15. The van der Waals surface area contributed by atoms with Gasteiger partial charge in [-0.15, -0.1) is 0 Å². The normalized spacial score (nSPS) is 12.1. The Labute approximate surface area is 224 Å². The van der Waals surface area contributed by atoms with E-state index in [0.717, 1.165) is 32.1 Å². The molecule has 1 atom stereocenters. The average Bonchev–Trinajstić information content (AvgIpc) is 2.86. The number of hydrogen-bond acceptors (Lipinski definition) is 3. The van der Waals surface area contributed by atoms with Crippen LogP contribution in [0.3, 0.4) is 0 Å². The van der Waals surface area contributed by atoms with Crippen molar-refractivity contribution < 1.29 is 19.4 Å². The van der Waals surface area contributed by atoms with Crippen LogP contribution in [0.2, 0.25) is 0 Å². The van der Waals surface area contributed by atoms with E-state index < -0.39 is 5.97 Å². The van der Waals surface area contributed by atoms with Crippen LogP contribution in [0, 0.1) is 0 Å². The number of aliphatic carboxylic acids is 1. The maximum Gasteiger partial charge on any atom is 0.306 e. The van der Waals surface area contributed by atoms with Crippen LogP contribution in [0.25, 0.3) is 0 Å². The fourth-order valence-electron chi connectivity index (χ4n) is 4.94. The number of rotatable bonds is 29. The third-order valence-corrected chi connectivity index (χ3v) is 7.34. The van der Waals surface area contributed by atoms with Crippen molar-refractivity contribution in [1.29, 1.82) is 0 Å². The second kappa shape index (κ2) is 28.5. The third-order valence-electron chi connectivity index (χ3n) is 7.34. The highest BCUT2D eigenvalue weighted by molar-refractivity contribution is 5.69. The summed E-state index contributed by atoms with van der Waals surface area (Å²) >= 11 is 0. The van der Waals surface area contributed by atoms with E-state index in [1.54, 1.807) is 0 Å². The highest BCUT2D eigenvalue weighted by atomic mass is 16.5. The van der Waals surface area contributed by atoms with Crippen LogP contribution in [0.15, 0.2) is 0 Å². The summed E-state index contributed by atoms with van der Waals surface area (Å²) in [5.41, 5.74) is 0. The van der Waals surface area contributed by atoms with Crippen LogP contribution >= 0.6 is 0 Å². The van der Waals surface area contributed by atoms with Gasteiger partial charge in [-0.2, -0.15) is 0 Å². The number of carbonyl (C=O) groups is 2. The zero-order chi connectivity index (χ0) is 26.5. The molecule has 0 aliphatic carbocycles. The molecule has 1 unspecified atom stereocenters. The van der Waals surface area contributed by atoms with Gasteiger partial charge in [0.05, 0.1) is 0 Å². The van der Waals surface area contributed by atoms with E-state index in [2.05, 4.69) is 13.8 Å². The number of unbranched alkanes of at least 4 members (excludes halogenated alkanes) is 21. The van der Waals surface area contributed by atoms with Gasteiger partial charge in [-0.05, 0) is 25.7 Å². The minimum absolute atomic E-state index is 0.0778. The zero-order valence-electron chi connectivity index (χ0n) is 24.3. The lowest BCUT2D eigenvalue weighted by Crippen LogP contribution is -2.19. The molecule has 0 saturated carbocycles. The van der Waals surface area contributed by atoms with Gasteiger partial charge in [0.1, 0.15) is 6.10 Å². The van der Waals surface area contributed by atoms with Crippen LogP contribution in [-0.4, -0.2) is 23.1 Å². The van der Waals surface area contributed by atoms with Crippen molar-refractivity contribution in [3.8, 4) is 0 Å². The topological polar surface area (TPSA) is 63.6 Å². The van der Waals surface area contributed by atoms with Crippen molar-refractivity contribution in [3.05, 3.63) is 0 Å². The minimum Gasteiger partial charge on any atom is -0.481 e. The van der Waals surface area contributed by atoms with Gasteiger partial charge in [-0.1, -0.05) is 149 Å². The molecule has 36 heavy (non-hydrogen) atoms. The molecule has 0 heterocycles. The molecule has 0 aliphatic heterocycles. The van der Waals surface area contributed by atoms with Gasteiger partial charge in [0.25, 0.3) is 0 Å². The minimum atomic E-state index is -0.810. The van der Waals surface area contributed by atoms with Gasteiger partial charge in [0.15, 0.2) is 0 Å². The number of carboxylic acids is 1. The van der Waals surface area contributed by atoms with E-state index >= 15 is 0 Å². The van der Waals surface area contributed by atoms with Gasteiger partial charge in [-0.25, -0.2) is 0 Å². The Hall–Kier alpha value is -1.06. The van der Waals surface area contributed by atoms with E-state index in [9.17, 15) is 9.59 Å². The molecule has 1 N–H and O–H groups in total. The van der Waals surface area contributed by atoms with E-state index in [1.807, 2.05) is 0 Å². The first-order valence-corrected chi connectivity index (χ1v) is 16.0. The molecule has 4 nitrogen and oxygen atoms in total. The quantitative estimate of drug-likeness (QED) is 0.0802. The largest absolute Gasteiger partial charge is 0.481 e. The molecule has 0 rings (SSSR count). The van der Waals surface area contributed by atoms with E-state index in [4.69, 9.17) is 9.84 Å². The summed E-state index contributed by atoms with van der Waals surface area (Å²) in [6.07, 6.45) is 31.1. The number of carbonyl (C=O) groups excluding carboxylic acids is 1.